The maximum absolute atomic E-state index is 12.7. The molecule has 19 heavy (non-hydrogen) atoms. The van der Waals surface area contributed by atoms with Gasteiger partial charge >= 0.3 is 0 Å². The summed E-state index contributed by atoms with van der Waals surface area (Å²) in [6.07, 6.45) is 4.06. The monoisotopic (exact) mass is 286 g/mol. The Kier molecular flexibility index (Phi) is 4.03. The van der Waals surface area contributed by atoms with Gasteiger partial charge in [0.2, 0.25) is 10.0 Å². The van der Waals surface area contributed by atoms with Gasteiger partial charge in [-0.3, -0.25) is 0 Å². The van der Waals surface area contributed by atoms with Gasteiger partial charge in [0.15, 0.2) is 0 Å². The van der Waals surface area contributed by atoms with Crippen LogP contribution in [-0.2, 0) is 16.6 Å². The molecule has 1 aromatic rings. The third-order valence-corrected chi connectivity index (χ3v) is 6.11. The van der Waals surface area contributed by atoms with Crippen LogP contribution in [0.2, 0.25) is 0 Å². The minimum Gasteiger partial charge on any atom is -0.465 e. The Hall–Kier alpha value is -0.850. The molecule has 0 atom stereocenters. The molecule has 0 radical (unpaired) electrons. The van der Waals surface area contributed by atoms with Gasteiger partial charge in [0.1, 0.15) is 16.4 Å². The van der Waals surface area contributed by atoms with Crippen LogP contribution in [-0.4, -0.2) is 25.8 Å². The number of rotatable bonds is 4. The molecule has 1 heterocycles. The van der Waals surface area contributed by atoms with Crippen LogP contribution >= 0.6 is 0 Å². The van der Waals surface area contributed by atoms with Crippen LogP contribution in [0.25, 0.3) is 0 Å². The number of nitrogens with two attached hydrogens (primary N) is 1. The number of hydrogen-bond acceptors (Lipinski definition) is 4. The zero-order valence-corrected chi connectivity index (χ0v) is 12.6. The standard InChI is InChI=1S/C13H22N2O3S/c1-9-12(8-14)13(10(2)18-9)19(16,17)15(3)11-6-4-5-7-11/h11H,4-8,14H2,1-3H3. The second kappa shape index (κ2) is 5.26. The number of nitrogens with zero attached hydrogens (tertiary/aromatic N) is 1. The van der Waals surface area contributed by atoms with Crippen molar-refractivity contribution in [3.63, 3.8) is 0 Å². The van der Waals surface area contributed by atoms with E-state index in [0.717, 1.165) is 25.7 Å². The predicted molar refractivity (Wildman–Crippen MR) is 73.3 cm³/mol. The van der Waals surface area contributed by atoms with Crippen LogP contribution in [0.3, 0.4) is 0 Å². The zero-order chi connectivity index (χ0) is 14.2. The zero-order valence-electron chi connectivity index (χ0n) is 11.8. The summed E-state index contributed by atoms with van der Waals surface area (Å²) in [6, 6.07) is 0.102. The Morgan fingerprint density at radius 1 is 1.26 bits per heavy atom. The number of furan rings is 1. The van der Waals surface area contributed by atoms with Crippen LogP contribution in [0.1, 0.15) is 42.8 Å². The first-order valence-electron chi connectivity index (χ1n) is 6.66. The van der Waals surface area contributed by atoms with Crippen LogP contribution < -0.4 is 5.73 Å². The largest absolute Gasteiger partial charge is 0.465 e. The van der Waals surface area contributed by atoms with E-state index in [-0.39, 0.29) is 17.5 Å². The van der Waals surface area contributed by atoms with Crippen molar-refractivity contribution in [3.05, 3.63) is 17.1 Å². The molecular weight excluding hydrogens is 264 g/mol. The van der Waals surface area contributed by atoms with Crippen molar-refractivity contribution in [2.75, 3.05) is 7.05 Å². The molecule has 108 valence electrons. The Morgan fingerprint density at radius 3 is 2.37 bits per heavy atom. The maximum Gasteiger partial charge on any atom is 0.246 e. The van der Waals surface area contributed by atoms with E-state index in [1.165, 1.54) is 4.31 Å². The highest BCUT2D eigenvalue weighted by atomic mass is 32.2. The van der Waals surface area contributed by atoms with Gasteiger partial charge < -0.3 is 10.2 Å². The quantitative estimate of drug-likeness (QED) is 0.917. The van der Waals surface area contributed by atoms with Gasteiger partial charge in [0, 0.05) is 25.2 Å². The van der Waals surface area contributed by atoms with Gasteiger partial charge in [-0.2, -0.15) is 4.31 Å². The van der Waals surface area contributed by atoms with E-state index in [4.69, 9.17) is 10.2 Å². The Morgan fingerprint density at radius 2 is 1.84 bits per heavy atom. The highest BCUT2D eigenvalue weighted by Gasteiger charge is 2.34. The van der Waals surface area contributed by atoms with Gasteiger partial charge in [-0.25, -0.2) is 8.42 Å². The molecule has 0 spiro atoms. The van der Waals surface area contributed by atoms with Crippen LogP contribution in [0.5, 0.6) is 0 Å². The van der Waals surface area contributed by atoms with Crippen molar-refractivity contribution in [1.82, 2.24) is 4.31 Å². The summed E-state index contributed by atoms with van der Waals surface area (Å²) in [5.74, 6) is 1.03. The van der Waals surface area contributed by atoms with Gasteiger partial charge in [-0.1, -0.05) is 12.8 Å². The lowest BCUT2D eigenvalue weighted by atomic mass is 10.2. The van der Waals surface area contributed by atoms with E-state index in [0.29, 0.717) is 17.1 Å². The Balaban J connectivity index is 2.44. The van der Waals surface area contributed by atoms with Gasteiger partial charge in [0.25, 0.3) is 0 Å². The molecule has 1 aliphatic carbocycles. The summed E-state index contributed by atoms with van der Waals surface area (Å²) >= 11 is 0. The third-order valence-electron chi connectivity index (χ3n) is 4.01. The summed E-state index contributed by atoms with van der Waals surface area (Å²) in [7, 11) is -1.86. The first-order chi connectivity index (χ1) is 8.89. The average Bonchev–Trinajstić information content (AvgIpc) is 2.95. The van der Waals surface area contributed by atoms with Gasteiger partial charge in [0.05, 0.1) is 0 Å². The SMILES string of the molecule is Cc1oc(C)c(S(=O)(=O)N(C)C2CCCC2)c1CN. The van der Waals surface area contributed by atoms with Crippen molar-refractivity contribution in [2.24, 2.45) is 5.73 Å². The molecule has 0 unspecified atom stereocenters. The van der Waals surface area contributed by atoms with E-state index < -0.39 is 10.0 Å². The Bertz CT molecular complexity index is 557. The number of hydrogen-bond donors (Lipinski definition) is 1. The molecule has 1 fully saturated rings. The third kappa shape index (κ3) is 2.44. The fraction of sp³-hybridized carbons (Fsp3) is 0.692. The van der Waals surface area contributed by atoms with E-state index in [1.807, 2.05) is 0 Å². The fourth-order valence-corrected chi connectivity index (χ4v) is 4.73. The first-order valence-corrected chi connectivity index (χ1v) is 8.10. The van der Waals surface area contributed by atoms with Crippen LogP contribution in [0.4, 0.5) is 0 Å². The minimum absolute atomic E-state index is 0.102. The summed E-state index contributed by atoms with van der Waals surface area (Å²) in [5.41, 5.74) is 6.27. The van der Waals surface area contributed by atoms with Crippen molar-refractivity contribution < 1.29 is 12.8 Å². The molecule has 2 rings (SSSR count). The normalized spacial score (nSPS) is 17.5. The summed E-state index contributed by atoms with van der Waals surface area (Å²) < 4.78 is 32.4. The molecule has 1 saturated carbocycles. The van der Waals surface area contributed by atoms with Crippen LogP contribution in [0, 0.1) is 13.8 Å². The molecule has 0 amide bonds. The molecule has 0 aromatic carbocycles. The van der Waals surface area contributed by atoms with Gasteiger partial charge in [-0.05, 0) is 26.7 Å². The fourth-order valence-electron chi connectivity index (χ4n) is 2.89. The summed E-state index contributed by atoms with van der Waals surface area (Å²) in [6.45, 7) is 3.61. The van der Waals surface area contributed by atoms with Crippen molar-refractivity contribution in [2.45, 2.75) is 57.0 Å². The minimum atomic E-state index is -3.52. The maximum atomic E-state index is 12.7. The van der Waals surface area contributed by atoms with Crippen molar-refractivity contribution in [3.8, 4) is 0 Å². The second-order valence-corrected chi connectivity index (χ2v) is 7.12. The van der Waals surface area contributed by atoms with Crippen molar-refractivity contribution >= 4 is 10.0 Å². The summed E-state index contributed by atoms with van der Waals surface area (Å²) in [4.78, 5) is 0.266. The molecule has 0 aliphatic heterocycles. The highest BCUT2D eigenvalue weighted by molar-refractivity contribution is 7.89. The lowest BCUT2D eigenvalue weighted by molar-refractivity contribution is 0.371. The van der Waals surface area contributed by atoms with E-state index in [1.54, 1.807) is 20.9 Å². The molecule has 0 saturated heterocycles. The first kappa shape index (κ1) is 14.6. The van der Waals surface area contributed by atoms with Gasteiger partial charge in [-0.15, -0.1) is 0 Å². The molecule has 2 N–H and O–H groups in total. The molecule has 5 nitrogen and oxygen atoms in total. The smallest absolute Gasteiger partial charge is 0.246 e. The Labute approximate surface area is 114 Å². The number of sulfonamides is 1. The van der Waals surface area contributed by atoms with E-state index >= 15 is 0 Å². The molecule has 1 aliphatic rings. The molecule has 0 bridgehead atoms. The van der Waals surface area contributed by atoms with E-state index in [2.05, 4.69) is 0 Å². The second-order valence-electron chi connectivity index (χ2n) is 5.19. The lowest BCUT2D eigenvalue weighted by Gasteiger charge is -2.23. The predicted octanol–water partition coefficient (Wildman–Crippen LogP) is 1.92. The van der Waals surface area contributed by atoms with E-state index in [9.17, 15) is 8.42 Å². The topological polar surface area (TPSA) is 76.5 Å². The van der Waals surface area contributed by atoms with Crippen molar-refractivity contribution in [1.29, 1.82) is 0 Å². The average molecular weight is 286 g/mol. The molecule has 6 heteroatoms. The number of aryl methyl sites for hydroxylation is 2. The molecule has 1 aromatic heterocycles. The molecular formula is C13H22N2O3S. The van der Waals surface area contributed by atoms with Crippen LogP contribution in [0.15, 0.2) is 9.31 Å². The highest BCUT2D eigenvalue weighted by Crippen LogP contribution is 2.32. The summed E-state index contributed by atoms with van der Waals surface area (Å²) in [5, 5.41) is 0. The lowest BCUT2D eigenvalue weighted by Crippen LogP contribution is -2.35.